The average molecular weight is 247 g/mol. The van der Waals surface area contributed by atoms with E-state index in [0.29, 0.717) is 17.2 Å². The van der Waals surface area contributed by atoms with Crippen molar-refractivity contribution in [2.75, 3.05) is 0 Å². The first kappa shape index (κ1) is 12.5. The number of hydrogen-bond acceptors (Lipinski definition) is 3. The van der Waals surface area contributed by atoms with Crippen molar-refractivity contribution in [3.63, 3.8) is 0 Å². The Morgan fingerprint density at radius 1 is 1.28 bits per heavy atom. The number of hydrogen-bond donors (Lipinski definition) is 1. The fourth-order valence-corrected chi connectivity index (χ4v) is 1.54. The summed E-state index contributed by atoms with van der Waals surface area (Å²) in [6.07, 6.45) is 0.954. The zero-order valence-corrected chi connectivity index (χ0v) is 10.2. The SMILES string of the molecule is Cc1ccc(F)cc1Oc1cc([C@@H](C)O)ccn1. The molecular formula is C14H14FNO2. The molecule has 0 aliphatic rings. The molecule has 94 valence electrons. The summed E-state index contributed by atoms with van der Waals surface area (Å²) in [5.41, 5.74) is 1.52. The summed E-state index contributed by atoms with van der Waals surface area (Å²) in [5, 5.41) is 9.47. The predicted octanol–water partition coefficient (Wildman–Crippen LogP) is 3.37. The van der Waals surface area contributed by atoms with Crippen LogP contribution in [0.1, 0.15) is 24.2 Å². The number of pyridine rings is 1. The van der Waals surface area contributed by atoms with Crippen LogP contribution in [-0.4, -0.2) is 10.1 Å². The number of rotatable bonds is 3. The van der Waals surface area contributed by atoms with Gasteiger partial charge < -0.3 is 9.84 Å². The number of aromatic nitrogens is 1. The molecule has 1 N–H and O–H groups in total. The quantitative estimate of drug-likeness (QED) is 0.904. The molecule has 3 nitrogen and oxygen atoms in total. The van der Waals surface area contributed by atoms with Crippen LogP contribution in [0.2, 0.25) is 0 Å². The van der Waals surface area contributed by atoms with Crippen LogP contribution in [0.5, 0.6) is 11.6 Å². The summed E-state index contributed by atoms with van der Waals surface area (Å²) in [7, 11) is 0. The maximum absolute atomic E-state index is 13.1. The molecule has 0 fully saturated rings. The highest BCUT2D eigenvalue weighted by atomic mass is 19.1. The standard InChI is InChI=1S/C14H14FNO2/c1-9-3-4-12(15)8-13(9)18-14-7-11(10(2)17)5-6-16-14/h3-8,10,17H,1-2H3/t10-/m1/s1. The fraction of sp³-hybridized carbons (Fsp3) is 0.214. The van der Waals surface area contributed by atoms with E-state index in [9.17, 15) is 9.50 Å². The molecule has 18 heavy (non-hydrogen) atoms. The molecule has 4 heteroatoms. The molecule has 0 aliphatic heterocycles. The van der Waals surface area contributed by atoms with E-state index in [-0.39, 0.29) is 5.82 Å². The lowest BCUT2D eigenvalue weighted by Crippen LogP contribution is -1.95. The summed E-state index contributed by atoms with van der Waals surface area (Å²) in [4.78, 5) is 4.03. The first-order valence-electron chi connectivity index (χ1n) is 5.64. The molecule has 0 radical (unpaired) electrons. The number of aliphatic hydroxyl groups is 1. The molecule has 1 heterocycles. The van der Waals surface area contributed by atoms with Crippen molar-refractivity contribution in [3.8, 4) is 11.6 Å². The van der Waals surface area contributed by atoms with Gasteiger partial charge in [0, 0.05) is 18.3 Å². The van der Waals surface area contributed by atoms with Crippen molar-refractivity contribution in [2.45, 2.75) is 20.0 Å². The van der Waals surface area contributed by atoms with Crippen molar-refractivity contribution in [2.24, 2.45) is 0 Å². The third-order valence-electron chi connectivity index (χ3n) is 2.61. The van der Waals surface area contributed by atoms with E-state index >= 15 is 0 Å². The van der Waals surface area contributed by atoms with E-state index in [1.807, 2.05) is 6.92 Å². The Bertz CT molecular complexity index is 555. The third-order valence-corrected chi connectivity index (χ3v) is 2.61. The van der Waals surface area contributed by atoms with Crippen LogP contribution >= 0.6 is 0 Å². The Labute approximate surface area is 105 Å². The van der Waals surface area contributed by atoms with Gasteiger partial charge in [0.25, 0.3) is 0 Å². The summed E-state index contributed by atoms with van der Waals surface area (Å²) in [6, 6.07) is 7.67. The van der Waals surface area contributed by atoms with E-state index < -0.39 is 6.10 Å². The van der Waals surface area contributed by atoms with Gasteiger partial charge in [-0.1, -0.05) is 6.07 Å². The van der Waals surface area contributed by atoms with Gasteiger partial charge in [0.1, 0.15) is 11.6 Å². The van der Waals surface area contributed by atoms with Gasteiger partial charge in [0.15, 0.2) is 0 Å². The maximum Gasteiger partial charge on any atom is 0.219 e. The van der Waals surface area contributed by atoms with Crippen molar-refractivity contribution < 1.29 is 14.2 Å². The Kier molecular flexibility index (Phi) is 3.58. The van der Waals surface area contributed by atoms with Gasteiger partial charge in [-0.15, -0.1) is 0 Å². The topological polar surface area (TPSA) is 42.4 Å². The van der Waals surface area contributed by atoms with Gasteiger partial charge >= 0.3 is 0 Å². The Hall–Kier alpha value is -1.94. The third kappa shape index (κ3) is 2.84. The second-order valence-electron chi connectivity index (χ2n) is 4.12. The molecule has 0 aliphatic carbocycles. The van der Waals surface area contributed by atoms with E-state index in [1.165, 1.54) is 12.1 Å². The van der Waals surface area contributed by atoms with E-state index in [0.717, 1.165) is 5.56 Å². The van der Waals surface area contributed by atoms with Crippen LogP contribution in [-0.2, 0) is 0 Å². The zero-order valence-electron chi connectivity index (χ0n) is 10.2. The van der Waals surface area contributed by atoms with Gasteiger partial charge in [-0.2, -0.15) is 0 Å². The highest BCUT2D eigenvalue weighted by Gasteiger charge is 2.07. The predicted molar refractivity (Wildman–Crippen MR) is 66.1 cm³/mol. The number of benzene rings is 1. The summed E-state index contributed by atoms with van der Waals surface area (Å²) >= 11 is 0. The van der Waals surface area contributed by atoms with Crippen molar-refractivity contribution in [1.82, 2.24) is 4.98 Å². The van der Waals surface area contributed by atoms with Crippen LogP contribution in [0, 0.1) is 12.7 Å². The monoisotopic (exact) mass is 247 g/mol. The van der Waals surface area contributed by atoms with Gasteiger partial charge in [-0.3, -0.25) is 0 Å². The molecular weight excluding hydrogens is 233 g/mol. The first-order chi connectivity index (χ1) is 8.56. The zero-order chi connectivity index (χ0) is 13.1. The molecule has 2 aromatic rings. The molecule has 0 saturated heterocycles. The van der Waals surface area contributed by atoms with Gasteiger partial charge in [0.2, 0.25) is 5.88 Å². The molecule has 0 saturated carbocycles. The second-order valence-corrected chi connectivity index (χ2v) is 4.12. The number of aliphatic hydroxyl groups excluding tert-OH is 1. The number of nitrogens with zero attached hydrogens (tertiary/aromatic N) is 1. The molecule has 1 aromatic carbocycles. The minimum Gasteiger partial charge on any atom is -0.439 e. The highest BCUT2D eigenvalue weighted by Crippen LogP contribution is 2.25. The van der Waals surface area contributed by atoms with Crippen molar-refractivity contribution in [3.05, 3.63) is 53.5 Å². The Balaban J connectivity index is 2.28. The molecule has 1 aromatic heterocycles. The smallest absolute Gasteiger partial charge is 0.219 e. The van der Waals surface area contributed by atoms with Gasteiger partial charge in [0.05, 0.1) is 6.10 Å². The summed E-state index contributed by atoms with van der Waals surface area (Å²) in [6.45, 7) is 3.49. The van der Waals surface area contributed by atoms with E-state index in [4.69, 9.17) is 4.74 Å². The lowest BCUT2D eigenvalue weighted by molar-refractivity contribution is 0.198. The maximum atomic E-state index is 13.1. The summed E-state index contributed by atoms with van der Waals surface area (Å²) < 4.78 is 18.6. The van der Waals surface area contributed by atoms with Gasteiger partial charge in [-0.05, 0) is 37.1 Å². The lowest BCUT2D eigenvalue weighted by Gasteiger charge is -2.10. The Morgan fingerprint density at radius 3 is 2.78 bits per heavy atom. The van der Waals surface area contributed by atoms with Crippen molar-refractivity contribution in [1.29, 1.82) is 0 Å². The molecule has 0 spiro atoms. The largest absolute Gasteiger partial charge is 0.439 e. The van der Waals surface area contributed by atoms with E-state index in [2.05, 4.69) is 4.98 Å². The van der Waals surface area contributed by atoms with Crippen LogP contribution in [0.4, 0.5) is 4.39 Å². The van der Waals surface area contributed by atoms with Crippen LogP contribution < -0.4 is 4.74 Å². The van der Waals surface area contributed by atoms with Crippen LogP contribution in [0.15, 0.2) is 36.5 Å². The lowest BCUT2D eigenvalue weighted by atomic mass is 10.2. The van der Waals surface area contributed by atoms with Crippen LogP contribution in [0.3, 0.4) is 0 Å². The molecule has 2 rings (SSSR count). The van der Waals surface area contributed by atoms with E-state index in [1.54, 1.807) is 31.3 Å². The summed E-state index contributed by atoms with van der Waals surface area (Å²) in [5.74, 6) is 0.398. The number of ether oxygens (including phenoxy) is 1. The number of aryl methyl sites for hydroxylation is 1. The van der Waals surface area contributed by atoms with Gasteiger partial charge in [-0.25, -0.2) is 9.37 Å². The molecule has 1 atom stereocenters. The fourth-order valence-electron chi connectivity index (χ4n) is 1.54. The highest BCUT2D eigenvalue weighted by molar-refractivity contribution is 5.36. The molecule has 0 bridgehead atoms. The first-order valence-corrected chi connectivity index (χ1v) is 5.64. The average Bonchev–Trinajstić information content (AvgIpc) is 2.34. The molecule has 0 unspecified atom stereocenters. The minimum atomic E-state index is -0.594. The molecule has 0 amide bonds. The minimum absolute atomic E-state index is 0.335. The normalized spacial score (nSPS) is 12.2. The number of halogens is 1. The van der Waals surface area contributed by atoms with Crippen molar-refractivity contribution >= 4 is 0 Å². The Morgan fingerprint density at radius 2 is 2.06 bits per heavy atom. The second kappa shape index (κ2) is 5.14. The van der Waals surface area contributed by atoms with Crippen LogP contribution in [0.25, 0.3) is 0 Å².